The van der Waals surface area contributed by atoms with Crippen molar-refractivity contribution >= 4 is 15.9 Å². The predicted octanol–water partition coefficient (Wildman–Crippen LogP) is 1.30. The highest BCUT2D eigenvalue weighted by Gasteiger charge is 2.32. The molecular weight excluding hydrogens is 362 g/mol. The van der Waals surface area contributed by atoms with Crippen LogP contribution in [0, 0.1) is 11.8 Å². The molecule has 0 aromatic heterocycles. The van der Waals surface area contributed by atoms with Gasteiger partial charge in [0.15, 0.2) is 0 Å². The second kappa shape index (κ2) is 7.89. The highest BCUT2D eigenvalue weighted by atomic mass is 32.2. The summed E-state index contributed by atoms with van der Waals surface area (Å²) in [4.78, 5) is 12.7. The molecule has 2 N–H and O–H groups in total. The molecule has 1 aromatic rings. The second-order valence-corrected chi connectivity index (χ2v) is 10.0. The predicted molar refractivity (Wildman–Crippen MR) is 104 cm³/mol. The van der Waals surface area contributed by atoms with Crippen LogP contribution >= 0.6 is 0 Å². The lowest BCUT2D eigenvalue weighted by Crippen LogP contribution is -2.50. The molecule has 148 valence electrons. The van der Waals surface area contributed by atoms with Gasteiger partial charge in [0.05, 0.1) is 4.90 Å². The zero-order valence-corrected chi connectivity index (χ0v) is 16.6. The molecule has 1 aliphatic carbocycles. The normalized spacial score (nSPS) is 22.1. The SMILES string of the molecule is O=C(NCC1CNC1)C1CCN(S(=O)(=O)c2ccc3c(c2)CCCC3)CC1. The van der Waals surface area contributed by atoms with Gasteiger partial charge in [-0.2, -0.15) is 4.31 Å². The summed E-state index contributed by atoms with van der Waals surface area (Å²) < 4.78 is 27.6. The van der Waals surface area contributed by atoms with Gasteiger partial charge in [-0.3, -0.25) is 4.79 Å². The van der Waals surface area contributed by atoms with E-state index >= 15 is 0 Å². The fourth-order valence-electron chi connectivity index (χ4n) is 4.26. The largest absolute Gasteiger partial charge is 0.355 e. The van der Waals surface area contributed by atoms with Gasteiger partial charge in [0, 0.05) is 44.6 Å². The Morgan fingerprint density at radius 3 is 2.48 bits per heavy atom. The van der Waals surface area contributed by atoms with Crippen LogP contribution in [0.15, 0.2) is 23.1 Å². The fourth-order valence-corrected chi connectivity index (χ4v) is 5.78. The molecule has 0 unspecified atom stereocenters. The molecule has 3 aliphatic rings. The van der Waals surface area contributed by atoms with Crippen molar-refractivity contribution in [2.24, 2.45) is 11.8 Å². The number of amides is 1. The van der Waals surface area contributed by atoms with Gasteiger partial charge in [-0.1, -0.05) is 6.07 Å². The Balaban J connectivity index is 1.36. The smallest absolute Gasteiger partial charge is 0.243 e. The molecule has 0 saturated carbocycles. The maximum absolute atomic E-state index is 13.0. The number of rotatable bonds is 5. The quantitative estimate of drug-likeness (QED) is 0.793. The average Bonchev–Trinajstić information content (AvgIpc) is 2.66. The summed E-state index contributed by atoms with van der Waals surface area (Å²) >= 11 is 0. The maximum Gasteiger partial charge on any atom is 0.243 e. The van der Waals surface area contributed by atoms with Gasteiger partial charge in [0.25, 0.3) is 0 Å². The van der Waals surface area contributed by atoms with Crippen molar-refractivity contribution in [1.29, 1.82) is 0 Å². The highest BCUT2D eigenvalue weighted by molar-refractivity contribution is 7.89. The lowest BCUT2D eigenvalue weighted by atomic mass is 9.92. The Morgan fingerprint density at radius 1 is 1.11 bits per heavy atom. The van der Waals surface area contributed by atoms with E-state index in [9.17, 15) is 13.2 Å². The molecular formula is C20H29N3O3S. The van der Waals surface area contributed by atoms with Crippen LogP contribution in [-0.2, 0) is 27.7 Å². The number of hydrogen-bond acceptors (Lipinski definition) is 4. The second-order valence-electron chi connectivity index (χ2n) is 8.09. The molecule has 7 heteroatoms. The Labute approximate surface area is 161 Å². The van der Waals surface area contributed by atoms with Gasteiger partial charge in [-0.05, 0) is 61.8 Å². The van der Waals surface area contributed by atoms with Gasteiger partial charge in [0.2, 0.25) is 15.9 Å². The number of aryl methyl sites for hydroxylation is 2. The first-order valence-corrected chi connectivity index (χ1v) is 11.6. The molecule has 27 heavy (non-hydrogen) atoms. The van der Waals surface area contributed by atoms with E-state index in [2.05, 4.69) is 10.6 Å². The molecule has 2 heterocycles. The summed E-state index contributed by atoms with van der Waals surface area (Å²) in [6.45, 7) is 3.50. The molecule has 0 radical (unpaired) electrons. The number of carbonyl (C=O) groups excluding carboxylic acids is 1. The number of sulfonamides is 1. The molecule has 0 atom stereocenters. The van der Waals surface area contributed by atoms with Gasteiger partial charge in [-0.25, -0.2) is 8.42 Å². The van der Waals surface area contributed by atoms with Crippen LogP contribution in [0.25, 0.3) is 0 Å². The number of fused-ring (bicyclic) bond motifs is 1. The third-order valence-corrected chi connectivity index (χ3v) is 8.11. The molecule has 2 fully saturated rings. The number of hydrogen-bond donors (Lipinski definition) is 2. The molecule has 1 aromatic carbocycles. The number of benzene rings is 1. The number of carbonyl (C=O) groups is 1. The minimum Gasteiger partial charge on any atom is -0.355 e. The monoisotopic (exact) mass is 391 g/mol. The van der Waals surface area contributed by atoms with Crippen molar-refractivity contribution in [3.8, 4) is 0 Å². The number of piperidine rings is 1. The van der Waals surface area contributed by atoms with Crippen molar-refractivity contribution in [2.45, 2.75) is 43.4 Å². The third kappa shape index (κ3) is 4.05. The molecule has 4 rings (SSSR count). The van der Waals surface area contributed by atoms with Crippen LogP contribution in [0.1, 0.15) is 36.8 Å². The van der Waals surface area contributed by atoms with Crippen LogP contribution in [0.2, 0.25) is 0 Å². The Bertz CT molecular complexity index is 797. The lowest BCUT2D eigenvalue weighted by Gasteiger charge is -2.32. The molecule has 6 nitrogen and oxygen atoms in total. The third-order valence-electron chi connectivity index (χ3n) is 6.21. The highest BCUT2D eigenvalue weighted by Crippen LogP contribution is 2.28. The van der Waals surface area contributed by atoms with E-state index < -0.39 is 10.0 Å². The minimum absolute atomic E-state index is 0.0759. The summed E-state index contributed by atoms with van der Waals surface area (Å²) in [7, 11) is -3.47. The van der Waals surface area contributed by atoms with Crippen molar-refractivity contribution in [2.75, 3.05) is 32.7 Å². The summed E-state index contributed by atoms with van der Waals surface area (Å²) in [6.07, 6.45) is 5.53. The van der Waals surface area contributed by atoms with Gasteiger partial charge >= 0.3 is 0 Å². The van der Waals surface area contributed by atoms with Gasteiger partial charge < -0.3 is 10.6 Å². The first-order valence-electron chi connectivity index (χ1n) is 10.1. The van der Waals surface area contributed by atoms with Crippen LogP contribution in [0.4, 0.5) is 0 Å². The van der Waals surface area contributed by atoms with E-state index in [1.165, 1.54) is 17.5 Å². The number of nitrogens with one attached hydrogen (secondary N) is 2. The summed E-state index contributed by atoms with van der Waals surface area (Å²) in [5.41, 5.74) is 2.47. The topological polar surface area (TPSA) is 78.5 Å². The van der Waals surface area contributed by atoms with E-state index in [4.69, 9.17) is 0 Å². The van der Waals surface area contributed by atoms with Crippen LogP contribution in [0.5, 0.6) is 0 Å². The number of nitrogens with zero attached hydrogens (tertiary/aromatic N) is 1. The van der Waals surface area contributed by atoms with Crippen LogP contribution < -0.4 is 10.6 Å². The average molecular weight is 392 g/mol. The Hall–Kier alpha value is -1.44. The fraction of sp³-hybridized carbons (Fsp3) is 0.650. The van der Waals surface area contributed by atoms with E-state index in [1.807, 2.05) is 12.1 Å². The zero-order chi connectivity index (χ0) is 18.9. The van der Waals surface area contributed by atoms with E-state index in [0.29, 0.717) is 36.7 Å². The lowest BCUT2D eigenvalue weighted by molar-refractivity contribution is -0.126. The molecule has 2 aliphatic heterocycles. The first-order chi connectivity index (χ1) is 13.0. The summed E-state index contributed by atoms with van der Waals surface area (Å²) in [5.74, 6) is 0.541. The van der Waals surface area contributed by atoms with Gasteiger partial charge in [-0.15, -0.1) is 0 Å². The minimum atomic E-state index is -3.47. The Morgan fingerprint density at radius 2 is 1.81 bits per heavy atom. The standard InChI is InChI=1S/C20H29N3O3S/c24-20(22-14-15-12-21-13-15)17-7-9-23(10-8-17)27(25,26)19-6-5-16-3-1-2-4-18(16)11-19/h5-6,11,15,17,21H,1-4,7-10,12-14H2,(H,22,24). The van der Waals surface area contributed by atoms with Crippen molar-refractivity contribution in [3.63, 3.8) is 0 Å². The van der Waals surface area contributed by atoms with Crippen molar-refractivity contribution in [3.05, 3.63) is 29.3 Å². The van der Waals surface area contributed by atoms with Crippen molar-refractivity contribution in [1.82, 2.24) is 14.9 Å². The van der Waals surface area contributed by atoms with Crippen LogP contribution in [0.3, 0.4) is 0 Å². The molecule has 0 spiro atoms. The molecule has 1 amide bonds. The van der Waals surface area contributed by atoms with E-state index in [-0.39, 0.29) is 11.8 Å². The van der Waals surface area contributed by atoms with E-state index in [0.717, 1.165) is 38.9 Å². The zero-order valence-electron chi connectivity index (χ0n) is 15.7. The van der Waals surface area contributed by atoms with Crippen molar-refractivity contribution < 1.29 is 13.2 Å². The van der Waals surface area contributed by atoms with E-state index in [1.54, 1.807) is 10.4 Å². The van der Waals surface area contributed by atoms with Crippen LogP contribution in [-0.4, -0.2) is 51.4 Å². The first kappa shape index (κ1) is 18.9. The van der Waals surface area contributed by atoms with Gasteiger partial charge in [0.1, 0.15) is 0 Å². The summed E-state index contributed by atoms with van der Waals surface area (Å²) in [6, 6.07) is 5.61. The maximum atomic E-state index is 13.0. The molecule has 2 saturated heterocycles. The summed E-state index contributed by atoms with van der Waals surface area (Å²) in [5, 5.41) is 6.22. The molecule has 0 bridgehead atoms. The Kier molecular flexibility index (Phi) is 5.53.